The summed E-state index contributed by atoms with van der Waals surface area (Å²) in [7, 11) is 1.43. The number of halogens is 1. The first-order valence-electron chi connectivity index (χ1n) is 9.86. The summed E-state index contributed by atoms with van der Waals surface area (Å²) in [5.74, 6) is -0.886. The smallest absolute Gasteiger partial charge is 0.407 e. The minimum absolute atomic E-state index is 0.0526. The molecule has 33 heavy (non-hydrogen) atoms. The molecule has 0 spiro atoms. The van der Waals surface area contributed by atoms with Crippen LogP contribution >= 0.6 is 22.6 Å². The van der Waals surface area contributed by atoms with E-state index in [1.807, 2.05) is 40.8 Å². The Hall–Kier alpha value is -3.35. The Morgan fingerprint density at radius 3 is 2.58 bits per heavy atom. The summed E-state index contributed by atoms with van der Waals surface area (Å²) >= 11 is 1.99. The van der Waals surface area contributed by atoms with Crippen LogP contribution in [0.1, 0.15) is 30.5 Å². The molecule has 0 aliphatic carbocycles. The summed E-state index contributed by atoms with van der Waals surface area (Å²) in [6.45, 7) is 1.41. The highest BCUT2D eigenvalue weighted by Gasteiger charge is 2.19. The number of benzene rings is 2. The van der Waals surface area contributed by atoms with Crippen LogP contribution in [0.3, 0.4) is 0 Å². The number of nitrogens with one attached hydrogen (secondary N) is 2. The van der Waals surface area contributed by atoms with E-state index < -0.39 is 30.6 Å². The van der Waals surface area contributed by atoms with Crippen LogP contribution < -0.4 is 20.2 Å². The van der Waals surface area contributed by atoms with E-state index in [9.17, 15) is 14.4 Å². The number of carboxylic acid groups (broad SMARTS) is 1. The molecule has 176 valence electrons. The van der Waals surface area contributed by atoms with Crippen LogP contribution in [0.15, 0.2) is 47.6 Å². The lowest BCUT2D eigenvalue weighted by molar-refractivity contribution is -0.139. The summed E-state index contributed by atoms with van der Waals surface area (Å²) in [6, 6.07) is 11.8. The molecule has 0 aliphatic rings. The largest absolute Gasteiger partial charge is 0.493 e. The van der Waals surface area contributed by atoms with Gasteiger partial charge in [-0.2, -0.15) is 5.10 Å². The van der Waals surface area contributed by atoms with Gasteiger partial charge in [-0.15, -0.1) is 0 Å². The molecule has 0 saturated carbocycles. The van der Waals surface area contributed by atoms with Crippen molar-refractivity contribution in [3.8, 4) is 11.5 Å². The van der Waals surface area contributed by atoms with Gasteiger partial charge >= 0.3 is 12.1 Å². The maximum atomic E-state index is 12.4. The minimum atomic E-state index is -1.10. The minimum Gasteiger partial charge on any atom is -0.493 e. The van der Waals surface area contributed by atoms with Crippen molar-refractivity contribution in [3.63, 3.8) is 0 Å². The Labute approximate surface area is 204 Å². The van der Waals surface area contributed by atoms with Crippen LogP contribution in [-0.4, -0.2) is 49.6 Å². The maximum absolute atomic E-state index is 12.4. The van der Waals surface area contributed by atoms with Crippen molar-refractivity contribution in [2.24, 2.45) is 5.10 Å². The van der Waals surface area contributed by atoms with Crippen molar-refractivity contribution in [2.75, 3.05) is 20.3 Å². The van der Waals surface area contributed by atoms with Crippen LogP contribution in [-0.2, 0) is 14.3 Å². The van der Waals surface area contributed by atoms with Crippen molar-refractivity contribution in [3.05, 3.63) is 57.2 Å². The number of methoxy groups -OCH3 is 1. The molecule has 0 aromatic heterocycles. The highest BCUT2D eigenvalue weighted by Crippen LogP contribution is 2.33. The molecule has 1 atom stereocenters. The van der Waals surface area contributed by atoms with Gasteiger partial charge in [0.25, 0.3) is 0 Å². The number of nitrogens with zero attached hydrogens (tertiary/aromatic N) is 1. The Balaban J connectivity index is 2.05. The fourth-order valence-electron chi connectivity index (χ4n) is 2.75. The normalized spacial score (nSPS) is 11.5. The average molecular weight is 569 g/mol. The molecule has 11 heteroatoms. The number of carbonyl (C=O) groups excluding carboxylic acids is 2. The quantitative estimate of drug-likeness (QED) is 0.215. The van der Waals surface area contributed by atoms with Gasteiger partial charge in [-0.05, 0) is 52.8 Å². The number of carboxylic acids is 1. The summed E-state index contributed by atoms with van der Waals surface area (Å²) in [5, 5.41) is 15.4. The van der Waals surface area contributed by atoms with Crippen molar-refractivity contribution < 1.29 is 33.7 Å². The lowest BCUT2D eigenvalue weighted by Gasteiger charge is -2.18. The van der Waals surface area contributed by atoms with Gasteiger partial charge in [-0.25, -0.2) is 15.0 Å². The average Bonchev–Trinajstić information content (AvgIpc) is 2.78. The molecule has 0 fully saturated rings. The molecule has 10 nitrogen and oxygen atoms in total. The lowest BCUT2D eigenvalue weighted by Crippen LogP contribution is -2.33. The van der Waals surface area contributed by atoms with Gasteiger partial charge in [0.15, 0.2) is 18.1 Å². The third kappa shape index (κ3) is 8.60. The second-order valence-electron chi connectivity index (χ2n) is 6.54. The fraction of sp³-hybridized carbons (Fsp3) is 0.273. The van der Waals surface area contributed by atoms with E-state index in [2.05, 4.69) is 15.8 Å². The van der Waals surface area contributed by atoms with Crippen molar-refractivity contribution in [1.29, 1.82) is 0 Å². The summed E-state index contributed by atoms with van der Waals surface area (Å²) in [4.78, 5) is 35.0. The zero-order valence-corrected chi connectivity index (χ0v) is 20.2. The second-order valence-corrected chi connectivity index (χ2v) is 7.70. The van der Waals surface area contributed by atoms with Crippen LogP contribution in [0.25, 0.3) is 0 Å². The standard InChI is InChI=1S/C22H24IN3O7/c1-3-32-22(30)25-17(15-7-5-4-6-8-15)11-19(27)26-24-12-14-9-16(23)21(18(10-14)31-2)33-13-20(28)29/h4-10,12,17H,3,11,13H2,1-2H3,(H,25,30)(H,26,27)(H,28,29)/b24-12-/t17-/m0/s1. The molecule has 2 rings (SSSR count). The van der Waals surface area contributed by atoms with Gasteiger partial charge in [0.05, 0.1) is 36.0 Å². The molecule has 0 bridgehead atoms. The molecule has 2 aromatic rings. The molecule has 2 aromatic carbocycles. The Bertz CT molecular complexity index is 999. The molecular formula is C22H24IN3O7. The third-order valence-electron chi connectivity index (χ3n) is 4.15. The fourth-order valence-corrected chi connectivity index (χ4v) is 3.53. The number of ether oxygens (including phenoxy) is 3. The number of rotatable bonds is 11. The van der Waals surface area contributed by atoms with Gasteiger partial charge in [-0.3, -0.25) is 4.79 Å². The van der Waals surface area contributed by atoms with Gasteiger partial charge in [0, 0.05) is 0 Å². The van der Waals surface area contributed by atoms with Crippen LogP contribution in [0, 0.1) is 3.57 Å². The second kappa shape index (κ2) is 13.3. The first kappa shape index (κ1) is 25.9. The van der Waals surface area contributed by atoms with Crippen LogP contribution in [0.4, 0.5) is 4.79 Å². The van der Waals surface area contributed by atoms with E-state index in [4.69, 9.17) is 19.3 Å². The number of carbonyl (C=O) groups is 3. The van der Waals surface area contributed by atoms with Crippen molar-refractivity contribution in [2.45, 2.75) is 19.4 Å². The van der Waals surface area contributed by atoms with E-state index in [0.717, 1.165) is 5.56 Å². The molecule has 0 radical (unpaired) electrons. The topological polar surface area (TPSA) is 136 Å². The van der Waals surface area contributed by atoms with Crippen LogP contribution in [0.2, 0.25) is 0 Å². The van der Waals surface area contributed by atoms with Gasteiger partial charge in [-0.1, -0.05) is 30.3 Å². The van der Waals surface area contributed by atoms with Gasteiger partial charge < -0.3 is 24.6 Å². The van der Waals surface area contributed by atoms with E-state index in [1.54, 1.807) is 31.2 Å². The highest BCUT2D eigenvalue weighted by molar-refractivity contribution is 14.1. The van der Waals surface area contributed by atoms with Crippen molar-refractivity contribution in [1.82, 2.24) is 10.7 Å². The zero-order valence-electron chi connectivity index (χ0n) is 18.0. The summed E-state index contributed by atoms with van der Waals surface area (Å²) < 4.78 is 16.1. The number of aliphatic carboxylic acids is 1. The molecule has 3 N–H and O–H groups in total. The molecule has 0 saturated heterocycles. The zero-order chi connectivity index (χ0) is 24.2. The SMILES string of the molecule is CCOC(=O)N[C@@H](CC(=O)N/N=C\c1cc(I)c(OCC(=O)O)c(OC)c1)c1ccccc1. The van der Waals surface area contributed by atoms with E-state index >= 15 is 0 Å². The number of hydrogen-bond donors (Lipinski definition) is 3. The lowest BCUT2D eigenvalue weighted by atomic mass is 10.0. The Morgan fingerprint density at radius 2 is 1.94 bits per heavy atom. The molecule has 0 heterocycles. The maximum Gasteiger partial charge on any atom is 0.407 e. The third-order valence-corrected chi connectivity index (χ3v) is 4.95. The summed E-state index contributed by atoms with van der Waals surface area (Å²) in [6.07, 6.45) is 0.748. The Kier molecular flexibility index (Phi) is 10.4. The van der Waals surface area contributed by atoms with E-state index in [0.29, 0.717) is 20.6 Å². The van der Waals surface area contributed by atoms with Crippen molar-refractivity contribution >= 4 is 46.8 Å². The van der Waals surface area contributed by atoms with Gasteiger partial charge in [0.1, 0.15) is 0 Å². The highest BCUT2D eigenvalue weighted by atomic mass is 127. The molecular weight excluding hydrogens is 545 g/mol. The molecule has 2 amide bonds. The number of amides is 2. The summed E-state index contributed by atoms with van der Waals surface area (Å²) in [5.41, 5.74) is 3.79. The monoisotopic (exact) mass is 569 g/mol. The van der Waals surface area contributed by atoms with Gasteiger partial charge in [0.2, 0.25) is 5.91 Å². The predicted octanol–water partition coefficient (Wildman–Crippen LogP) is 3.09. The Morgan fingerprint density at radius 1 is 1.21 bits per heavy atom. The molecule has 0 aliphatic heterocycles. The van der Waals surface area contributed by atoms with E-state index in [1.165, 1.54) is 13.3 Å². The number of alkyl carbamates (subject to hydrolysis) is 1. The first-order chi connectivity index (χ1) is 15.8. The first-order valence-corrected chi connectivity index (χ1v) is 10.9. The molecule has 0 unspecified atom stereocenters. The number of hydrogen-bond acceptors (Lipinski definition) is 7. The number of hydrazone groups is 1. The predicted molar refractivity (Wildman–Crippen MR) is 129 cm³/mol. The van der Waals surface area contributed by atoms with Crippen LogP contribution in [0.5, 0.6) is 11.5 Å². The van der Waals surface area contributed by atoms with E-state index in [-0.39, 0.29) is 13.0 Å².